The first-order chi connectivity index (χ1) is 12.8. The molecule has 4 rings (SSSR count). The molecule has 0 aliphatic carbocycles. The van der Waals surface area contributed by atoms with Crippen molar-refractivity contribution in [2.45, 2.75) is 31.8 Å². The van der Waals surface area contributed by atoms with E-state index in [2.05, 4.69) is 18.2 Å². The standard InChI is InChI=1S/C21H22N2O2S/c24-20(13-12-16-7-2-1-3-8-16)23(15-17-9-6-14-25-17)21-22-18-10-4-5-11-19(18)26-21/h1-5,7-8,10-11,17H,6,9,12-15H2. The van der Waals surface area contributed by atoms with E-state index in [1.807, 2.05) is 41.3 Å². The highest BCUT2D eigenvalue weighted by atomic mass is 32.1. The van der Waals surface area contributed by atoms with Crippen molar-refractivity contribution in [3.63, 3.8) is 0 Å². The van der Waals surface area contributed by atoms with Crippen LogP contribution in [0.25, 0.3) is 10.2 Å². The molecule has 0 bridgehead atoms. The molecule has 4 nitrogen and oxygen atoms in total. The van der Waals surface area contributed by atoms with Crippen LogP contribution in [0.4, 0.5) is 5.13 Å². The van der Waals surface area contributed by atoms with Gasteiger partial charge in [-0.15, -0.1) is 0 Å². The molecule has 1 saturated heterocycles. The Morgan fingerprint density at radius 2 is 1.96 bits per heavy atom. The van der Waals surface area contributed by atoms with Gasteiger partial charge in [-0.05, 0) is 37.0 Å². The zero-order valence-corrected chi connectivity index (χ0v) is 15.5. The summed E-state index contributed by atoms with van der Waals surface area (Å²) in [5.74, 6) is 0.114. The molecule has 1 unspecified atom stereocenters. The fraction of sp³-hybridized carbons (Fsp3) is 0.333. The highest BCUT2D eigenvalue weighted by molar-refractivity contribution is 7.22. The van der Waals surface area contributed by atoms with Crippen molar-refractivity contribution in [1.82, 2.24) is 4.98 Å². The van der Waals surface area contributed by atoms with E-state index in [9.17, 15) is 4.79 Å². The van der Waals surface area contributed by atoms with E-state index in [-0.39, 0.29) is 12.0 Å². The number of anilines is 1. The molecule has 1 atom stereocenters. The second-order valence-corrected chi connectivity index (χ2v) is 7.60. The Morgan fingerprint density at radius 1 is 1.15 bits per heavy atom. The smallest absolute Gasteiger partial charge is 0.229 e. The zero-order chi connectivity index (χ0) is 17.8. The van der Waals surface area contributed by atoms with Gasteiger partial charge in [-0.2, -0.15) is 0 Å². The number of ether oxygens (including phenoxy) is 1. The summed E-state index contributed by atoms with van der Waals surface area (Å²) < 4.78 is 6.88. The first kappa shape index (κ1) is 17.2. The largest absolute Gasteiger partial charge is 0.376 e. The third-order valence-electron chi connectivity index (χ3n) is 4.70. The molecular weight excluding hydrogens is 344 g/mol. The predicted molar refractivity (Wildman–Crippen MR) is 106 cm³/mol. The maximum Gasteiger partial charge on any atom is 0.229 e. The van der Waals surface area contributed by atoms with Crippen LogP contribution in [0.2, 0.25) is 0 Å². The number of rotatable bonds is 6. The second kappa shape index (κ2) is 7.98. The maximum absolute atomic E-state index is 13.0. The topological polar surface area (TPSA) is 42.4 Å². The number of amides is 1. The third-order valence-corrected chi connectivity index (χ3v) is 5.75. The summed E-state index contributed by atoms with van der Waals surface area (Å²) in [6.45, 7) is 1.38. The van der Waals surface area contributed by atoms with E-state index in [0.717, 1.165) is 41.2 Å². The first-order valence-electron chi connectivity index (χ1n) is 9.11. The molecule has 0 N–H and O–H groups in total. The molecule has 1 aliphatic rings. The van der Waals surface area contributed by atoms with E-state index in [1.54, 1.807) is 11.3 Å². The molecule has 2 heterocycles. The molecule has 1 aliphatic heterocycles. The van der Waals surface area contributed by atoms with Gasteiger partial charge < -0.3 is 4.74 Å². The Kier molecular flexibility index (Phi) is 5.27. The van der Waals surface area contributed by atoms with Crippen LogP contribution in [-0.2, 0) is 16.0 Å². The number of nitrogens with zero attached hydrogens (tertiary/aromatic N) is 2. The first-order valence-corrected chi connectivity index (χ1v) is 9.93. The summed E-state index contributed by atoms with van der Waals surface area (Å²) in [6.07, 6.45) is 3.41. The molecule has 1 amide bonds. The van der Waals surface area contributed by atoms with Crippen LogP contribution >= 0.6 is 11.3 Å². The molecule has 1 aromatic heterocycles. The van der Waals surface area contributed by atoms with Crippen molar-refractivity contribution in [3.05, 3.63) is 60.2 Å². The number of benzene rings is 2. The minimum Gasteiger partial charge on any atom is -0.376 e. The van der Waals surface area contributed by atoms with Gasteiger partial charge >= 0.3 is 0 Å². The molecule has 134 valence electrons. The van der Waals surface area contributed by atoms with Crippen molar-refractivity contribution in [2.24, 2.45) is 0 Å². The summed E-state index contributed by atoms with van der Waals surface area (Å²) in [7, 11) is 0. The number of carbonyl (C=O) groups excluding carboxylic acids is 1. The minimum absolute atomic E-state index is 0.114. The minimum atomic E-state index is 0.114. The molecule has 26 heavy (non-hydrogen) atoms. The van der Waals surface area contributed by atoms with Gasteiger partial charge in [-0.3, -0.25) is 9.69 Å². The van der Waals surface area contributed by atoms with Crippen LogP contribution in [0.5, 0.6) is 0 Å². The number of fused-ring (bicyclic) bond motifs is 1. The van der Waals surface area contributed by atoms with Gasteiger partial charge in [-0.1, -0.05) is 53.8 Å². The van der Waals surface area contributed by atoms with Crippen LogP contribution in [0.15, 0.2) is 54.6 Å². The Morgan fingerprint density at radius 3 is 2.73 bits per heavy atom. The quantitative estimate of drug-likeness (QED) is 0.648. The Labute approximate surface area is 157 Å². The summed E-state index contributed by atoms with van der Waals surface area (Å²) in [5.41, 5.74) is 2.13. The lowest BCUT2D eigenvalue weighted by atomic mass is 10.1. The lowest BCUT2D eigenvalue weighted by Crippen LogP contribution is -2.37. The van der Waals surface area contributed by atoms with Gasteiger partial charge in [0, 0.05) is 13.0 Å². The molecule has 2 aromatic carbocycles. The van der Waals surface area contributed by atoms with Gasteiger partial charge in [0.15, 0.2) is 5.13 Å². The Hall–Kier alpha value is -2.24. The monoisotopic (exact) mass is 366 g/mol. The van der Waals surface area contributed by atoms with E-state index in [0.29, 0.717) is 13.0 Å². The van der Waals surface area contributed by atoms with Crippen LogP contribution in [0, 0.1) is 0 Å². The maximum atomic E-state index is 13.0. The van der Waals surface area contributed by atoms with E-state index < -0.39 is 0 Å². The highest BCUT2D eigenvalue weighted by Gasteiger charge is 2.25. The number of para-hydroxylation sites is 1. The number of aromatic nitrogens is 1. The summed E-state index contributed by atoms with van der Waals surface area (Å²) in [4.78, 5) is 19.6. The van der Waals surface area contributed by atoms with Crippen molar-refractivity contribution in [1.29, 1.82) is 0 Å². The number of hydrogen-bond acceptors (Lipinski definition) is 4. The lowest BCUT2D eigenvalue weighted by molar-refractivity contribution is -0.119. The molecule has 0 saturated carbocycles. The number of hydrogen-bond donors (Lipinski definition) is 0. The second-order valence-electron chi connectivity index (χ2n) is 6.59. The van der Waals surface area contributed by atoms with Crippen molar-refractivity contribution in [3.8, 4) is 0 Å². The average molecular weight is 366 g/mol. The average Bonchev–Trinajstić information content (AvgIpc) is 3.34. The van der Waals surface area contributed by atoms with Crippen LogP contribution in [0.1, 0.15) is 24.8 Å². The summed E-state index contributed by atoms with van der Waals surface area (Å²) >= 11 is 1.58. The molecule has 0 spiro atoms. The van der Waals surface area contributed by atoms with Gasteiger partial charge in [0.05, 0.1) is 22.9 Å². The molecular formula is C21H22N2O2S. The number of aryl methyl sites for hydroxylation is 1. The third kappa shape index (κ3) is 3.94. The lowest BCUT2D eigenvalue weighted by Gasteiger charge is -2.23. The SMILES string of the molecule is O=C(CCc1ccccc1)N(CC1CCCO1)c1nc2ccccc2s1. The highest BCUT2D eigenvalue weighted by Crippen LogP contribution is 2.30. The van der Waals surface area contributed by atoms with Crippen LogP contribution in [-0.4, -0.2) is 30.1 Å². The number of thiazole rings is 1. The Bertz CT molecular complexity index is 839. The molecule has 3 aromatic rings. The van der Waals surface area contributed by atoms with Crippen molar-refractivity contribution in [2.75, 3.05) is 18.1 Å². The molecule has 1 fully saturated rings. The van der Waals surface area contributed by atoms with Crippen LogP contribution < -0.4 is 4.90 Å². The van der Waals surface area contributed by atoms with Gasteiger partial charge in [-0.25, -0.2) is 4.98 Å². The van der Waals surface area contributed by atoms with Crippen molar-refractivity contribution >= 4 is 32.6 Å². The van der Waals surface area contributed by atoms with E-state index in [1.165, 1.54) is 5.56 Å². The van der Waals surface area contributed by atoms with Gasteiger partial charge in [0.2, 0.25) is 5.91 Å². The molecule has 5 heteroatoms. The zero-order valence-electron chi connectivity index (χ0n) is 14.6. The molecule has 0 radical (unpaired) electrons. The van der Waals surface area contributed by atoms with Crippen molar-refractivity contribution < 1.29 is 9.53 Å². The van der Waals surface area contributed by atoms with Gasteiger partial charge in [0.25, 0.3) is 0 Å². The summed E-state index contributed by atoms with van der Waals surface area (Å²) in [6, 6.07) is 18.2. The summed E-state index contributed by atoms with van der Waals surface area (Å²) in [5, 5.41) is 0.778. The van der Waals surface area contributed by atoms with E-state index >= 15 is 0 Å². The van der Waals surface area contributed by atoms with Crippen LogP contribution in [0.3, 0.4) is 0 Å². The number of carbonyl (C=O) groups is 1. The normalized spacial score (nSPS) is 16.8. The fourth-order valence-electron chi connectivity index (χ4n) is 3.28. The Balaban J connectivity index is 1.54. The van der Waals surface area contributed by atoms with E-state index in [4.69, 9.17) is 9.72 Å². The predicted octanol–water partition coefficient (Wildman–Crippen LogP) is 4.44. The van der Waals surface area contributed by atoms with Gasteiger partial charge in [0.1, 0.15) is 0 Å². The fourth-order valence-corrected chi connectivity index (χ4v) is 4.28.